The monoisotopic (exact) mass is 380 g/mol. The van der Waals surface area contributed by atoms with Gasteiger partial charge in [-0.15, -0.1) is 0 Å². The predicted octanol–water partition coefficient (Wildman–Crippen LogP) is 3.02. The molecule has 0 amide bonds. The normalized spacial score (nSPS) is 18.1. The first-order chi connectivity index (χ1) is 13.7. The molecule has 2 aliphatic heterocycles. The smallest absolute Gasteiger partial charge is 0.193 e. The second-order valence-corrected chi connectivity index (χ2v) is 7.40. The van der Waals surface area contributed by atoms with E-state index in [1.807, 2.05) is 18.2 Å². The highest BCUT2D eigenvalue weighted by molar-refractivity contribution is 5.92. The van der Waals surface area contributed by atoms with Gasteiger partial charge in [-0.05, 0) is 36.6 Å². The summed E-state index contributed by atoms with van der Waals surface area (Å²) in [6.45, 7) is 6.24. The highest BCUT2D eigenvalue weighted by Crippen LogP contribution is 2.32. The van der Waals surface area contributed by atoms with E-state index in [0.29, 0.717) is 31.8 Å². The lowest BCUT2D eigenvalue weighted by molar-refractivity contribution is 0.195. The van der Waals surface area contributed by atoms with Gasteiger partial charge in [-0.1, -0.05) is 24.3 Å². The molecule has 1 unspecified atom stereocenters. The van der Waals surface area contributed by atoms with Crippen molar-refractivity contribution in [2.24, 2.45) is 10.7 Å². The first kappa shape index (κ1) is 18.6. The summed E-state index contributed by atoms with van der Waals surface area (Å²) >= 11 is 0. The van der Waals surface area contributed by atoms with Crippen LogP contribution in [0.4, 0.5) is 5.69 Å². The number of hydrogen-bond donors (Lipinski definition) is 2. The Labute approximate surface area is 166 Å². The van der Waals surface area contributed by atoms with Gasteiger partial charge in [0, 0.05) is 37.3 Å². The van der Waals surface area contributed by atoms with Crippen molar-refractivity contribution in [3.63, 3.8) is 0 Å². The molecular weight excluding hydrogens is 352 g/mol. The van der Waals surface area contributed by atoms with Crippen molar-refractivity contribution in [1.29, 1.82) is 0 Å². The molecule has 4 rings (SSSR count). The van der Waals surface area contributed by atoms with E-state index in [9.17, 15) is 0 Å². The number of fused-ring (bicyclic) bond motifs is 2. The number of hydrogen-bond acceptors (Lipinski definition) is 4. The van der Waals surface area contributed by atoms with Gasteiger partial charge in [0.15, 0.2) is 17.5 Å². The molecule has 0 saturated carbocycles. The quantitative estimate of drug-likeness (QED) is 0.630. The lowest BCUT2D eigenvalue weighted by Crippen LogP contribution is -2.39. The van der Waals surface area contributed by atoms with Crippen LogP contribution in [0.25, 0.3) is 0 Å². The molecule has 2 aliphatic rings. The van der Waals surface area contributed by atoms with Gasteiger partial charge in [-0.2, -0.15) is 0 Å². The average molecular weight is 380 g/mol. The third kappa shape index (κ3) is 4.39. The van der Waals surface area contributed by atoms with Crippen LogP contribution in [-0.4, -0.2) is 43.2 Å². The van der Waals surface area contributed by atoms with E-state index in [1.165, 1.54) is 11.1 Å². The van der Waals surface area contributed by atoms with Crippen molar-refractivity contribution in [3.8, 4) is 11.5 Å². The molecule has 2 heterocycles. The summed E-state index contributed by atoms with van der Waals surface area (Å²) in [6, 6.07) is 14.8. The second kappa shape index (κ2) is 8.52. The van der Waals surface area contributed by atoms with Crippen molar-refractivity contribution in [2.75, 3.05) is 31.6 Å². The summed E-state index contributed by atoms with van der Waals surface area (Å²) in [6.07, 6.45) is 1.98. The Morgan fingerprint density at radius 1 is 1.14 bits per heavy atom. The SMILES string of the molecule is CC(CN=C(N)Nc1ccc2c(c1)OCCCO2)N1CCc2ccccc2C1. The van der Waals surface area contributed by atoms with E-state index in [4.69, 9.17) is 15.2 Å². The van der Waals surface area contributed by atoms with Crippen LogP contribution in [0.5, 0.6) is 11.5 Å². The van der Waals surface area contributed by atoms with E-state index >= 15 is 0 Å². The molecule has 28 heavy (non-hydrogen) atoms. The number of ether oxygens (including phenoxy) is 2. The van der Waals surface area contributed by atoms with Crippen molar-refractivity contribution >= 4 is 11.6 Å². The second-order valence-electron chi connectivity index (χ2n) is 7.40. The largest absolute Gasteiger partial charge is 0.490 e. The summed E-state index contributed by atoms with van der Waals surface area (Å²) in [5, 5.41) is 3.16. The number of guanidine groups is 1. The highest BCUT2D eigenvalue weighted by Gasteiger charge is 2.20. The lowest BCUT2D eigenvalue weighted by Gasteiger charge is -2.33. The molecule has 148 valence electrons. The third-order valence-corrected chi connectivity index (χ3v) is 5.33. The van der Waals surface area contributed by atoms with Gasteiger partial charge in [-0.3, -0.25) is 9.89 Å². The molecule has 0 bridgehead atoms. The molecule has 6 nitrogen and oxygen atoms in total. The number of nitrogens with one attached hydrogen (secondary N) is 1. The average Bonchev–Trinajstić information content (AvgIpc) is 2.96. The maximum Gasteiger partial charge on any atom is 0.193 e. The summed E-state index contributed by atoms with van der Waals surface area (Å²) in [7, 11) is 0. The van der Waals surface area contributed by atoms with Crippen LogP contribution in [0.1, 0.15) is 24.5 Å². The van der Waals surface area contributed by atoms with E-state index in [-0.39, 0.29) is 0 Å². The van der Waals surface area contributed by atoms with Crippen LogP contribution < -0.4 is 20.5 Å². The van der Waals surface area contributed by atoms with E-state index in [2.05, 4.69) is 46.4 Å². The first-order valence-electron chi connectivity index (χ1n) is 9.96. The predicted molar refractivity (Wildman–Crippen MR) is 112 cm³/mol. The maximum atomic E-state index is 6.12. The fourth-order valence-corrected chi connectivity index (χ4v) is 3.67. The Morgan fingerprint density at radius 3 is 2.79 bits per heavy atom. The van der Waals surface area contributed by atoms with Crippen molar-refractivity contribution in [3.05, 3.63) is 53.6 Å². The molecule has 2 aromatic rings. The summed E-state index contributed by atoms with van der Waals surface area (Å²) in [4.78, 5) is 7.02. The van der Waals surface area contributed by atoms with Gasteiger partial charge >= 0.3 is 0 Å². The molecule has 0 spiro atoms. The van der Waals surface area contributed by atoms with Gasteiger partial charge in [0.2, 0.25) is 0 Å². The molecule has 6 heteroatoms. The number of nitrogens with two attached hydrogens (primary N) is 1. The molecule has 1 atom stereocenters. The molecule has 2 aromatic carbocycles. The standard InChI is InChI=1S/C22H28N4O2/c1-16(26-10-9-17-5-2-3-6-18(17)15-26)14-24-22(23)25-19-7-8-20-21(13-19)28-12-4-11-27-20/h2-3,5-8,13,16H,4,9-12,14-15H2,1H3,(H3,23,24,25). The minimum atomic E-state index is 0.331. The van der Waals surface area contributed by atoms with E-state index in [0.717, 1.165) is 43.1 Å². The molecule has 0 aliphatic carbocycles. The number of rotatable bonds is 4. The van der Waals surface area contributed by atoms with E-state index in [1.54, 1.807) is 0 Å². The number of aliphatic imine (C=N–C) groups is 1. The van der Waals surface area contributed by atoms with Gasteiger partial charge in [-0.25, -0.2) is 0 Å². The fraction of sp³-hybridized carbons (Fsp3) is 0.409. The minimum Gasteiger partial charge on any atom is -0.490 e. The summed E-state index contributed by atoms with van der Waals surface area (Å²) < 4.78 is 11.4. The molecule has 3 N–H and O–H groups in total. The zero-order chi connectivity index (χ0) is 19.3. The Balaban J connectivity index is 1.34. The van der Waals surface area contributed by atoms with Crippen molar-refractivity contribution < 1.29 is 9.47 Å². The Morgan fingerprint density at radius 2 is 1.93 bits per heavy atom. The fourth-order valence-electron chi connectivity index (χ4n) is 3.67. The van der Waals surface area contributed by atoms with Gasteiger partial charge in [0.25, 0.3) is 0 Å². The number of nitrogens with zero attached hydrogens (tertiary/aromatic N) is 2. The van der Waals surface area contributed by atoms with Crippen LogP contribution in [0.2, 0.25) is 0 Å². The minimum absolute atomic E-state index is 0.331. The van der Waals surface area contributed by atoms with Gasteiger partial charge in [0.1, 0.15) is 0 Å². The molecule has 0 fully saturated rings. The Hall–Kier alpha value is -2.73. The summed E-state index contributed by atoms with van der Waals surface area (Å²) in [5.74, 6) is 1.94. The third-order valence-electron chi connectivity index (χ3n) is 5.33. The van der Waals surface area contributed by atoms with Gasteiger partial charge < -0.3 is 20.5 Å². The molecule has 0 saturated heterocycles. The first-order valence-corrected chi connectivity index (χ1v) is 9.96. The Bertz CT molecular complexity index is 852. The molecule has 0 radical (unpaired) electrons. The van der Waals surface area contributed by atoms with Crippen LogP contribution in [0.15, 0.2) is 47.5 Å². The van der Waals surface area contributed by atoms with Gasteiger partial charge in [0.05, 0.1) is 19.8 Å². The number of anilines is 1. The Kier molecular flexibility index (Phi) is 5.67. The topological polar surface area (TPSA) is 72.1 Å². The van der Waals surface area contributed by atoms with E-state index < -0.39 is 0 Å². The number of benzene rings is 2. The van der Waals surface area contributed by atoms with Crippen LogP contribution >= 0.6 is 0 Å². The maximum absolute atomic E-state index is 6.12. The zero-order valence-electron chi connectivity index (χ0n) is 16.4. The molecular formula is C22H28N4O2. The van der Waals surface area contributed by atoms with Crippen molar-refractivity contribution in [1.82, 2.24) is 4.90 Å². The summed E-state index contributed by atoms with van der Waals surface area (Å²) in [5.41, 5.74) is 9.85. The lowest BCUT2D eigenvalue weighted by atomic mass is 9.99. The van der Waals surface area contributed by atoms with Crippen LogP contribution in [-0.2, 0) is 13.0 Å². The van der Waals surface area contributed by atoms with Crippen LogP contribution in [0.3, 0.4) is 0 Å². The molecule has 0 aromatic heterocycles. The van der Waals surface area contributed by atoms with Crippen LogP contribution in [0, 0.1) is 0 Å². The zero-order valence-corrected chi connectivity index (χ0v) is 16.4. The van der Waals surface area contributed by atoms with Crippen molar-refractivity contribution in [2.45, 2.75) is 32.4 Å². The highest BCUT2D eigenvalue weighted by atomic mass is 16.5.